The Labute approximate surface area is 167 Å². The van der Waals surface area contributed by atoms with Gasteiger partial charge < -0.3 is 10.1 Å². The van der Waals surface area contributed by atoms with Crippen LogP contribution in [0.25, 0.3) is 0 Å². The largest absolute Gasteiger partial charge is 0.481 e. The predicted octanol–water partition coefficient (Wildman–Crippen LogP) is 4.00. The van der Waals surface area contributed by atoms with Gasteiger partial charge >= 0.3 is 0 Å². The van der Waals surface area contributed by atoms with Crippen molar-refractivity contribution >= 4 is 27.3 Å². The van der Waals surface area contributed by atoms with Crippen molar-refractivity contribution in [2.45, 2.75) is 39.2 Å². The SMILES string of the molecule is CC[C@@H](Oc1ccc(N(C)S(C)(=O)=O)cc1)C(=O)Nc1ccc(C(C)C)cc1. The predicted molar refractivity (Wildman–Crippen MR) is 114 cm³/mol. The van der Waals surface area contributed by atoms with Gasteiger partial charge in [0.15, 0.2) is 6.10 Å². The summed E-state index contributed by atoms with van der Waals surface area (Å²) in [7, 11) is -1.84. The van der Waals surface area contributed by atoms with Crippen molar-refractivity contribution in [2.24, 2.45) is 0 Å². The summed E-state index contributed by atoms with van der Waals surface area (Å²) in [5.41, 5.74) is 2.46. The van der Waals surface area contributed by atoms with Crippen LogP contribution in [0, 0.1) is 0 Å². The van der Waals surface area contributed by atoms with E-state index in [0.29, 0.717) is 23.8 Å². The van der Waals surface area contributed by atoms with Crippen LogP contribution in [0.5, 0.6) is 5.75 Å². The fourth-order valence-corrected chi connectivity index (χ4v) is 3.09. The zero-order chi connectivity index (χ0) is 20.9. The Hall–Kier alpha value is -2.54. The second-order valence-electron chi connectivity index (χ2n) is 7.01. The van der Waals surface area contributed by atoms with E-state index in [2.05, 4.69) is 19.2 Å². The third-order valence-electron chi connectivity index (χ3n) is 4.48. The minimum atomic E-state index is -3.32. The Morgan fingerprint density at radius 3 is 2.11 bits per heavy atom. The molecule has 0 radical (unpaired) electrons. The van der Waals surface area contributed by atoms with E-state index in [0.717, 1.165) is 11.9 Å². The van der Waals surface area contributed by atoms with Gasteiger partial charge in [-0.25, -0.2) is 8.42 Å². The number of nitrogens with one attached hydrogen (secondary N) is 1. The zero-order valence-electron chi connectivity index (χ0n) is 17.0. The Balaban J connectivity index is 2.03. The standard InChI is InChI=1S/C21H28N2O4S/c1-6-20(21(24)22-17-9-7-16(8-10-17)15(2)3)27-19-13-11-18(12-14-19)23(4)28(5,25)26/h7-15,20H,6H2,1-5H3,(H,22,24)/t20-/m1/s1. The molecule has 0 bridgehead atoms. The molecule has 0 spiro atoms. The van der Waals surface area contributed by atoms with E-state index in [9.17, 15) is 13.2 Å². The van der Waals surface area contributed by atoms with E-state index >= 15 is 0 Å². The van der Waals surface area contributed by atoms with Gasteiger partial charge in [0.2, 0.25) is 10.0 Å². The minimum absolute atomic E-state index is 0.225. The lowest BCUT2D eigenvalue weighted by atomic mass is 10.0. The molecule has 0 aliphatic heterocycles. The fourth-order valence-electron chi connectivity index (χ4n) is 2.59. The summed E-state index contributed by atoms with van der Waals surface area (Å²) in [6, 6.07) is 14.4. The fraction of sp³-hybridized carbons (Fsp3) is 0.381. The molecule has 0 heterocycles. The number of hydrogen-bond acceptors (Lipinski definition) is 4. The van der Waals surface area contributed by atoms with Gasteiger partial charge in [-0.1, -0.05) is 32.9 Å². The van der Waals surface area contributed by atoms with Gasteiger partial charge in [0.1, 0.15) is 5.75 Å². The van der Waals surface area contributed by atoms with Gasteiger partial charge in [0.05, 0.1) is 11.9 Å². The molecular formula is C21H28N2O4S. The molecule has 2 rings (SSSR count). The second kappa shape index (κ2) is 9.10. The highest BCUT2D eigenvalue weighted by molar-refractivity contribution is 7.92. The monoisotopic (exact) mass is 404 g/mol. The molecular weight excluding hydrogens is 376 g/mol. The van der Waals surface area contributed by atoms with Crippen molar-refractivity contribution in [3.05, 3.63) is 54.1 Å². The van der Waals surface area contributed by atoms with Crippen molar-refractivity contribution in [3.63, 3.8) is 0 Å². The van der Waals surface area contributed by atoms with Crippen LogP contribution in [0.4, 0.5) is 11.4 Å². The van der Waals surface area contributed by atoms with Crippen LogP contribution >= 0.6 is 0 Å². The van der Waals surface area contributed by atoms with Crippen LogP contribution in [0.1, 0.15) is 38.7 Å². The molecule has 1 amide bonds. The molecule has 0 aromatic heterocycles. The van der Waals surface area contributed by atoms with Gasteiger partial charge in [-0.05, 0) is 54.3 Å². The van der Waals surface area contributed by atoms with Gasteiger partial charge in [-0.3, -0.25) is 9.10 Å². The summed E-state index contributed by atoms with van der Waals surface area (Å²) in [5.74, 6) is 0.709. The number of sulfonamides is 1. The van der Waals surface area contributed by atoms with Crippen LogP contribution in [-0.4, -0.2) is 33.7 Å². The highest BCUT2D eigenvalue weighted by atomic mass is 32.2. The van der Waals surface area contributed by atoms with Crippen molar-refractivity contribution in [1.82, 2.24) is 0 Å². The maximum atomic E-state index is 12.5. The first-order valence-corrected chi connectivity index (χ1v) is 11.1. The van der Waals surface area contributed by atoms with Crippen LogP contribution < -0.4 is 14.4 Å². The molecule has 6 nitrogen and oxygen atoms in total. The van der Waals surface area contributed by atoms with Gasteiger partial charge in [0, 0.05) is 12.7 Å². The van der Waals surface area contributed by atoms with E-state index in [-0.39, 0.29) is 5.91 Å². The molecule has 0 saturated carbocycles. The number of carbonyl (C=O) groups is 1. The number of anilines is 2. The first-order chi connectivity index (χ1) is 13.1. The highest BCUT2D eigenvalue weighted by Crippen LogP contribution is 2.22. The summed E-state index contributed by atoms with van der Waals surface area (Å²) in [6.07, 6.45) is 0.993. The molecule has 2 aromatic rings. The van der Waals surface area contributed by atoms with Crippen LogP contribution in [0.15, 0.2) is 48.5 Å². The summed E-state index contributed by atoms with van der Waals surface area (Å²) in [5, 5.41) is 2.88. The summed E-state index contributed by atoms with van der Waals surface area (Å²) in [4.78, 5) is 12.5. The molecule has 1 atom stereocenters. The van der Waals surface area contributed by atoms with Crippen molar-refractivity contribution < 1.29 is 17.9 Å². The van der Waals surface area contributed by atoms with Gasteiger partial charge in [-0.15, -0.1) is 0 Å². The number of ether oxygens (including phenoxy) is 1. The zero-order valence-corrected chi connectivity index (χ0v) is 17.8. The van der Waals surface area contributed by atoms with Crippen LogP contribution in [0.3, 0.4) is 0 Å². The average Bonchev–Trinajstić information content (AvgIpc) is 2.65. The van der Waals surface area contributed by atoms with E-state index in [1.54, 1.807) is 24.3 Å². The summed E-state index contributed by atoms with van der Waals surface area (Å²) < 4.78 is 30.2. The number of benzene rings is 2. The molecule has 28 heavy (non-hydrogen) atoms. The molecule has 2 aromatic carbocycles. The molecule has 0 saturated heterocycles. The van der Waals surface area contributed by atoms with E-state index in [4.69, 9.17) is 4.74 Å². The molecule has 0 aliphatic rings. The Morgan fingerprint density at radius 2 is 1.64 bits per heavy atom. The maximum absolute atomic E-state index is 12.5. The van der Waals surface area contributed by atoms with Crippen LogP contribution in [0.2, 0.25) is 0 Å². The summed E-state index contributed by atoms with van der Waals surface area (Å²) in [6.45, 7) is 6.11. The summed E-state index contributed by atoms with van der Waals surface area (Å²) >= 11 is 0. The molecule has 0 fully saturated rings. The molecule has 1 N–H and O–H groups in total. The second-order valence-corrected chi connectivity index (χ2v) is 9.02. The Kier molecular flexibility index (Phi) is 7.07. The van der Waals surface area contributed by atoms with E-state index in [1.165, 1.54) is 16.9 Å². The lowest BCUT2D eigenvalue weighted by molar-refractivity contribution is -0.122. The molecule has 0 unspecified atom stereocenters. The molecule has 0 aliphatic carbocycles. The normalized spacial score (nSPS) is 12.5. The lowest BCUT2D eigenvalue weighted by Gasteiger charge is -2.19. The van der Waals surface area contributed by atoms with E-state index < -0.39 is 16.1 Å². The molecule has 7 heteroatoms. The number of carbonyl (C=O) groups excluding carboxylic acids is 1. The minimum Gasteiger partial charge on any atom is -0.481 e. The molecule has 152 valence electrons. The van der Waals surface area contributed by atoms with Crippen molar-refractivity contribution in [2.75, 3.05) is 22.9 Å². The third-order valence-corrected chi connectivity index (χ3v) is 5.69. The average molecular weight is 405 g/mol. The first-order valence-electron chi connectivity index (χ1n) is 9.23. The third kappa shape index (κ3) is 5.73. The number of amides is 1. The number of hydrogen-bond donors (Lipinski definition) is 1. The van der Waals surface area contributed by atoms with Crippen molar-refractivity contribution in [3.8, 4) is 5.75 Å². The van der Waals surface area contributed by atoms with Crippen molar-refractivity contribution in [1.29, 1.82) is 0 Å². The smallest absolute Gasteiger partial charge is 0.265 e. The Morgan fingerprint density at radius 1 is 1.07 bits per heavy atom. The first kappa shape index (κ1) is 21.8. The van der Waals surface area contributed by atoms with Gasteiger partial charge in [0.25, 0.3) is 5.91 Å². The maximum Gasteiger partial charge on any atom is 0.265 e. The quantitative estimate of drug-likeness (QED) is 0.721. The highest BCUT2D eigenvalue weighted by Gasteiger charge is 2.19. The van der Waals surface area contributed by atoms with E-state index in [1.807, 2.05) is 31.2 Å². The lowest BCUT2D eigenvalue weighted by Crippen LogP contribution is -2.32. The number of rotatable bonds is 8. The van der Waals surface area contributed by atoms with Gasteiger partial charge in [-0.2, -0.15) is 0 Å². The topological polar surface area (TPSA) is 75.7 Å². The Bertz CT molecular complexity index is 891. The number of nitrogens with zero attached hydrogens (tertiary/aromatic N) is 1. The van der Waals surface area contributed by atoms with Crippen LogP contribution in [-0.2, 0) is 14.8 Å².